The quantitative estimate of drug-likeness (QED) is 0.767. The summed E-state index contributed by atoms with van der Waals surface area (Å²) in [4.78, 5) is 4.93. The summed E-state index contributed by atoms with van der Waals surface area (Å²) < 4.78 is 0. The molecule has 2 aliphatic heterocycles. The van der Waals surface area contributed by atoms with Gasteiger partial charge in [0.2, 0.25) is 0 Å². The topological polar surface area (TPSA) is 18.5 Å². The van der Waals surface area contributed by atoms with E-state index in [1.54, 1.807) is 0 Å². The summed E-state index contributed by atoms with van der Waals surface area (Å²) in [6, 6.07) is 6.64. The van der Waals surface area contributed by atoms with Crippen LogP contribution >= 0.6 is 0 Å². The van der Waals surface area contributed by atoms with Crippen molar-refractivity contribution in [1.29, 1.82) is 0 Å². The maximum Gasteiger partial charge on any atom is 0.0421 e. The van der Waals surface area contributed by atoms with E-state index < -0.39 is 0 Å². The Morgan fingerprint density at radius 2 is 1.94 bits per heavy atom. The number of likely N-dealkylation sites (N-methyl/N-ethyl adjacent to an activating group) is 1. The smallest absolute Gasteiger partial charge is 0.0421 e. The fraction of sp³-hybridized carbons (Fsp3) is 0.538. The Morgan fingerprint density at radius 3 is 2.75 bits per heavy atom. The van der Waals surface area contributed by atoms with E-state index in [0.717, 1.165) is 19.6 Å². The third kappa shape index (κ3) is 1.65. The molecule has 0 unspecified atom stereocenters. The van der Waals surface area contributed by atoms with Crippen molar-refractivity contribution in [2.24, 2.45) is 0 Å². The summed E-state index contributed by atoms with van der Waals surface area (Å²) in [5.41, 5.74) is 4.32. The van der Waals surface area contributed by atoms with Crippen molar-refractivity contribution in [3.63, 3.8) is 0 Å². The number of nitrogens with one attached hydrogen (secondary N) is 1. The fourth-order valence-corrected chi connectivity index (χ4v) is 2.67. The average molecular weight is 217 g/mol. The molecule has 0 saturated carbocycles. The molecule has 0 atom stereocenters. The van der Waals surface area contributed by atoms with Crippen molar-refractivity contribution in [2.75, 3.05) is 50.0 Å². The highest BCUT2D eigenvalue weighted by Crippen LogP contribution is 2.32. The van der Waals surface area contributed by atoms with Gasteiger partial charge in [-0.25, -0.2) is 0 Å². The molecule has 86 valence electrons. The number of rotatable bonds is 1. The number of benzene rings is 1. The van der Waals surface area contributed by atoms with Crippen molar-refractivity contribution < 1.29 is 0 Å². The van der Waals surface area contributed by atoms with Crippen LogP contribution in [0.1, 0.15) is 5.56 Å². The van der Waals surface area contributed by atoms with Crippen molar-refractivity contribution >= 4 is 11.4 Å². The van der Waals surface area contributed by atoms with Gasteiger partial charge in [-0.3, -0.25) is 0 Å². The molecule has 1 aromatic rings. The molecule has 0 spiro atoms. The molecule has 0 radical (unpaired) electrons. The zero-order valence-electron chi connectivity index (χ0n) is 9.87. The predicted molar refractivity (Wildman–Crippen MR) is 68.3 cm³/mol. The molecule has 1 N–H and O–H groups in total. The van der Waals surface area contributed by atoms with Gasteiger partial charge in [0.05, 0.1) is 0 Å². The normalized spacial score (nSPS) is 20.7. The van der Waals surface area contributed by atoms with E-state index in [0.29, 0.717) is 0 Å². The molecule has 0 aromatic heterocycles. The number of hydrogen-bond donors (Lipinski definition) is 1. The average Bonchev–Trinajstić information content (AvgIpc) is 2.78. The summed E-state index contributed by atoms with van der Waals surface area (Å²) >= 11 is 0. The molecule has 3 rings (SSSR count). The standard InChI is InChI=1S/C13H19N3/c1-15-7-9-16(10-8-15)13-4-2-3-12-11(13)5-6-14-12/h2-4,14H,5-10H2,1H3. The summed E-state index contributed by atoms with van der Waals surface area (Å²) in [7, 11) is 2.20. The highest BCUT2D eigenvalue weighted by atomic mass is 15.2. The second kappa shape index (κ2) is 3.98. The van der Waals surface area contributed by atoms with Crippen molar-refractivity contribution in [3.05, 3.63) is 23.8 Å². The number of hydrogen-bond acceptors (Lipinski definition) is 3. The lowest BCUT2D eigenvalue weighted by Gasteiger charge is -2.35. The van der Waals surface area contributed by atoms with E-state index >= 15 is 0 Å². The highest BCUT2D eigenvalue weighted by molar-refractivity contribution is 5.69. The van der Waals surface area contributed by atoms with Gasteiger partial charge in [0.25, 0.3) is 0 Å². The molecule has 2 aliphatic rings. The minimum absolute atomic E-state index is 1.10. The van der Waals surface area contributed by atoms with E-state index in [4.69, 9.17) is 0 Å². The molecular formula is C13H19N3. The van der Waals surface area contributed by atoms with Crippen LogP contribution in [0, 0.1) is 0 Å². The maximum atomic E-state index is 3.45. The van der Waals surface area contributed by atoms with Gasteiger partial charge >= 0.3 is 0 Å². The summed E-state index contributed by atoms with van der Waals surface area (Å²) in [6.45, 7) is 5.77. The van der Waals surface area contributed by atoms with Crippen LogP contribution in [-0.4, -0.2) is 44.7 Å². The molecule has 2 heterocycles. The minimum Gasteiger partial charge on any atom is -0.384 e. The van der Waals surface area contributed by atoms with Crippen LogP contribution in [0.4, 0.5) is 11.4 Å². The lowest BCUT2D eigenvalue weighted by Crippen LogP contribution is -2.44. The monoisotopic (exact) mass is 217 g/mol. The third-order valence-corrected chi connectivity index (χ3v) is 3.69. The molecule has 16 heavy (non-hydrogen) atoms. The van der Waals surface area contributed by atoms with Gasteiger partial charge in [-0.1, -0.05) is 6.07 Å². The Morgan fingerprint density at radius 1 is 1.12 bits per heavy atom. The van der Waals surface area contributed by atoms with Crippen LogP contribution < -0.4 is 10.2 Å². The Balaban J connectivity index is 1.87. The SMILES string of the molecule is CN1CCN(c2cccc3c2CCN3)CC1. The molecule has 1 aromatic carbocycles. The first-order chi connectivity index (χ1) is 7.84. The van der Waals surface area contributed by atoms with E-state index in [1.807, 2.05) is 0 Å². The molecule has 3 heteroatoms. The van der Waals surface area contributed by atoms with Gasteiger partial charge in [0.15, 0.2) is 0 Å². The van der Waals surface area contributed by atoms with Crippen molar-refractivity contribution in [2.45, 2.75) is 6.42 Å². The summed E-state index contributed by atoms with van der Waals surface area (Å²) in [5.74, 6) is 0. The predicted octanol–water partition coefficient (Wildman–Crippen LogP) is 1.41. The van der Waals surface area contributed by atoms with Gasteiger partial charge in [0.1, 0.15) is 0 Å². The Bertz CT molecular complexity index is 381. The first-order valence-electron chi connectivity index (χ1n) is 6.14. The zero-order chi connectivity index (χ0) is 11.0. The molecule has 1 saturated heterocycles. The van der Waals surface area contributed by atoms with E-state index in [2.05, 4.69) is 40.4 Å². The van der Waals surface area contributed by atoms with E-state index in [-0.39, 0.29) is 0 Å². The van der Waals surface area contributed by atoms with Crippen LogP contribution in [0.15, 0.2) is 18.2 Å². The second-order valence-electron chi connectivity index (χ2n) is 4.77. The molecular weight excluding hydrogens is 198 g/mol. The largest absolute Gasteiger partial charge is 0.384 e. The lowest BCUT2D eigenvalue weighted by molar-refractivity contribution is 0.312. The van der Waals surface area contributed by atoms with Gasteiger partial charge in [-0.2, -0.15) is 0 Å². The van der Waals surface area contributed by atoms with E-state index in [9.17, 15) is 0 Å². The van der Waals surface area contributed by atoms with Gasteiger partial charge in [-0.05, 0) is 25.6 Å². The Labute approximate surface area is 97.0 Å². The molecule has 3 nitrogen and oxygen atoms in total. The molecule has 1 fully saturated rings. The molecule has 0 amide bonds. The minimum atomic E-state index is 1.10. The number of anilines is 2. The Hall–Kier alpha value is -1.22. The fourth-order valence-electron chi connectivity index (χ4n) is 2.67. The van der Waals surface area contributed by atoms with E-state index in [1.165, 1.54) is 36.4 Å². The maximum absolute atomic E-state index is 3.45. The summed E-state index contributed by atoms with van der Waals surface area (Å²) in [6.07, 6.45) is 1.18. The van der Waals surface area contributed by atoms with Crippen molar-refractivity contribution in [3.8, 4) is 0 Å². The molecule has 0 bridgehead atoms. The van der Waals surface area contributed by atoms with Crippen LogP contribution in [0.2, 0.25) is 0 Å². The van der Waals surface area contributed by atoms with Crippen LogP contribution in [0.25, 0.3) is 0 Å². The first-order valence-corrected chi connectivity index (χ1v) is 6.14. The number of nitrogens with zero attached hydrogens (tertiary/aromatic N) is 2. The van der Waals surface area contributed by atoms with Gasteiger partial charge in [-0.15, -0.1) is 0 Å². The van der Waals surface area contributed by atoms with Gasteiger partial charge in [0, 0.05) is 49.7 Å². The molecule has 0 aliphatic carbocycles. The van der Waals surface area contributed by atoms with Crippen molar-refractivity contribution in [1.82, 2.24) is 4.90 Å². The summed E-state index contributed by atoms with van der Waals surface area (Å²) in [5, 5.41) is 3.45. The van der Waals surface area contributed by atoms with Crippen LogP contribution in [-0.2, 0) is 6.42 Å². The Kier molecular flexibility index (Phi) is 2.48. The van der Waals surface area contributed by atoms with Gasteiger partial charge < -0.3 is 15.1 Å². The first kappa shape index (κ1) is 9.97. The third-order valence-electron chi connectivity index (χ3n) is 3.69. The van der Waals surface area contributed by atoms with Crippen LogP contribution in [0.5, 0.6) is 0 Å². The number of fused-ring (bicyclic) bond motifs is 1. The lowest BCUT2D eigenvalue weighted by atomic mass is 10.1. The second-order valence-corrected chi connectivity index (χ2v) is 4.77. The van der Waals surface area contributed by atoms with Crippen LogP contribution in [0.3, 0.4) is 0 Å². The highest BCUT2D eigenvalue weighted by Gasteiger charge is 2.20. The zero-order valence-corrected chi connectivity index (χ0v) is 9.87. The number of piperazine rings is 1.